The fraction of sp³-hybridized carbons (Fsp3) is 0.0833. The lowest BCUT2D eigenvalue weighted by atomic mass is 10.0. The van der Waals surface area contributed by atoms with Crippen LogP contribution in [0, 0.1) is 25.5 Å². The van der Waals surface area contributed by atoms with Crippen molar-refractivity contribution in [1.29, 1.82) is 0 Å². The number of nitrogens with one attached hydrogen (secondary N) is 2. The number of oxazole rings is 1. The predicted octanol–water partition coefficient (Wildman–Crippen LogP) is 6.55. The van der Waals surface area contributed by atoms with Crippen LogP contribution < -0.4 is 10.6 Å². The van der Waals surface area contributed by atoms with E-state index >= 15 is 0 Å². The van der Waals surface area contributed by atoms with Crippen LogP contribution in [0.25, 0.3) is 22.7 Å². The quantitative estimate of drug-likeness (QED) is 0.394. The molecule has 4 aromatic rings. The molecular weight excluding hydrogens is 400 g/mol. The van der Waals surface area contributed by atoms with Gasteiger partial charge in [-0.3, -0.25) is 0 Å². The van der Waals surface area contributed by atoms with E-state index in [1.165, 1.54) is 0 Å². The minimum absolute atomic E-state index is 0.116. The first-order chi connectivity index (χ1) is 14.9. The van der Waals surface area contributed by atoms with Gasteiger partial charge in [0.25, 0.3) is 0 Å². The zero-order valence-corrected chi connectivity index (χ0v) is 16.9. The molecule has 3 aromatic carbocycles. The average molecular weight is 419 g/mol. The van der Waals surface area contributed by atoms with Crippen LogP contribution in [0.2, 0.25) is 0 Å². The van der Waals surface area contributed by atoms with Crippen molar-refractivity contribution >= 4 is 17.4 Å². The van der Waals surface area contributed by atoms with Crippen LogP contribution in [0.4, 0.5) is 25.0 Å². The summed E-state index contributed by atoms with van der Waals surface area (Å²) in [5.74, 6) is -1.11. The summed E-state index contributed by atoms with van der Waals surface area (Å²) in [5.41, 5.74) is 5.12. The molecule has 156 valence electrons. The molecule has 2 N–H and O–H groups in total. The van der Waals surface area contributed by atoms with E-state index in [9.17, 15) is 13.6 Å². The molecule has 7 heteroatoms. The van der Waals surface area contributed by atoms with Gasteiger partial charge in [-0.15, -0.1) is 0 Å². The number of amides is 2. The zero-order valence-electron chi connectivity index (χ0n) is 16.9. The second kappa shape index (κ2) is 8.39. The molecule has 0 radical (unpaired) electrons. The van der Waals surface area contributed by atoms with E-state index in [2.05, 4.69) is 21.7 Å². The molecule has 31 heavy (non-hydrogen) atoms. The maximum Gasteiger partial charge on any atom is 0.323 e. The van der Waals surface area contributed by atoms with Crippen molar-refractivity contribution in [3.05, 3.63) is 89.7 Å². The lowest BCUT2D eigenvalue weighted by molar-refractivity contribution is 0.262. The molecule has 5 nitrogen and oxygen atoms in total. The van der Waals surface area contributed by atoms with E-state index in [1.54, 1.807) is 30.5 Å². The summed E-state index contributed by atoms with van der Waals surface area (Å²) in [7, 11) is 0. The number of benzene rings is 3. The van der Waals surface area contributed by atoms with Gasteiger partial charge in [0.05, 0.1) is 5.69 Å². The number of aromatic nitrogens is 1. The van der Waals surface area contributed by atoms with Crippen molar-refractivity contribution in [3.8, 4) is 22.7 Å². The number of anilines is 2. The summed E-state index contributed by atoms with van der Waals surface area (Å²) in [4.78, 5) is 16.7. The third-order valence-electron chi connectivity index (χ3n) is 4.74. The number of halogens is 2. The Labute approximate surface area is 177 Å². The van der Waals surface area contributed by atoms with E-state index in [-0.39, 0.29) is 5.69 Å². The standard InChI is InChI=1S/C24H19F2N3O2/c1-14-3-4-15(2)19(11-14)22-13-31-23(28-22)16-5-8-18(9-6-16)27-24(30)29-21-10-7-17(25)12-20(21)26/h3-13H,1-2H3,(H2,27,29,30). The minimum Gasteiger partial charge on any atom is -0.444 e. The molecule has 0 saturated carbocycles. The van der Waals surface area contributed by atoms with Crippen molar-refractivity contribution < 1.29 is 18.0 Å². The van der Waals surface area contributed by atoms with Crippen molar-refractivity contribution in [2.45, 2.75) is 13.8 Å². The third-order valence-corrected chi connectivity index (χ3v) is 4.74. The Morgan fingerprint density at radius 3 is 2.45 bits per heavy atom. The number of rotatable bonds is 4. The molecule has 0 aliphatic heterocycles. The Morgan fingerprint density at radius 1 is 0.935 bits per heavy atom. The van der Waals surface area contributed by atoms with Gasteiger partial charge in [-0.1, -0.05) is 17.7 Å². The molecule has 0 bridgehead atoms. The molecule has 0 saturated heterocycles. The molecule has 1 aromatic heterocycles. The van der Waals surface area contributed by atoms with Gasteiger partial charge in [-0.05, 0) is 61.9 Å². The number of urea groups is 1. The highest BCUT2D eigenvalue weighted by Gasteiger charge is 2.12. The van der Waals surface area contributed by atoms with Crippen LogP contribution in [0.5, 0.6) is 0 Å². The lowest BCUT2D eigenvalue weighted by Crippen LogP contribution is -2.20. The Morgan fingerprint density at radius 2 is 1.71 bits per heavy atom. The first kappa shape index (κ1) is 20.3. The van der Waals surface area contributed by atoms with E-state index in [0.717, 1.165) is 40.1 Å². The van der Waals surface area contributed by atoms with Crippen molar-refractivity contribution in [3.63, 3.8) is 0 Å². The van der Waals surface area contributed by atoms with Gasteiger partial charge in [-0.25, -0.2) is 18.6 Å². The average Bonchev–Trinajstić information content (AvgIpc) is 3.22. The van der Waals surface area contributed by atoms with Gasteiger partial charge in [0.1, 0.15) is 23.6 Å². The Hall–Kier alpha value is -4.00. The first-order valence-corrected chi connectivity index (χ1v) is 9.56. The van der Waals surface area contributed by atoms with Crippen LogP contribution in [0.15, 0.2) is 71.3 Å². The molecule has 1 heterocycles. The number of hydrogen-bond donors (Lipinski definition) is 2. The van der Waals surface area contributed by atoms with Crippen LogP contribution in [0.3, 0.4) is 0 Å². The maximum absolute atomic E-state index is 13.7. The zero-order chi connectivity index (χ0) is 22.0. The number of aryl methyl sites for hydroxylation is 2. The Bertz CT molecular complexity index is 1250. The molecule has 0 atom stereocenters. The second-order valence-corrected chi connectivity index (χ2v) is 7.14. The monoisotopic (exact) mass is 419 g/mol. The van der Waals surface area contributed by atoms with Crippen molar-refractivity contribution in [1.82, 2.24) is 4.98 Å². The normalized spacial score (nSPS) is 10.7. The van der Waals surface area contributed by atoms with Crippen LogP contribution in [-0.2, 0) is 0 Å². The van der Waals surface area contributed by atoms with E-state index in [4.69, 9.17) is 4.42 Å². The highest BCUT2D eigenvalue weighted by atomic mass is 19.1. The van der Waals surface area contributed by atoms with Gasteiger partial charge in [0, 0.05) is 22.9 Å². The topological polar surface area (TPSA) is 67.2 Å². The number of hydrogen-bond acceptors (Lipinski definition) is 3. The highest BCUT2D eigenvalue weighted by Crippen LogP contribution is 2.28. The molecule has 0 spiro atoms. The predicted molar refractivity (Wildman–Crippen MR) is 116 cm³/mol. The van der Waals surface area contributed by atoms with E-state index < -0.39 is 17.7 Å². The Balaban J connectivity index is 1.45. The molecule has 4 rings (SSSR count). The van der Waals surface area contributed by atoms with Crippen molar-refractivity contribution in [2.75, 3.05) is 10.6 Å². The summed E-state index contributed by atoms with van der Waals surface area (Å²) >= 11 is 0. The molecule has 0 aliphatic rings. The summed E-state index contributed by atoms with van der Waals surface area (Å²) in [5, 5.41) is 4.94. The van der Waals surface area contributed by atoms with Crippen LogP contribution in [-0.4, -0.2) is 11.0 Å². The van der Waals surface area contributed by atoms with Gasteiger partial charge in [0.2, 0.25) is 5.89 Å². The largest absolute Gasteiger partial charge is 0.444 e. The van der Waals surface area contributed by atoms with Gasteiger partial charge in [-0.2, -0.15) is 0 Å². The second-order valence-electron chi connectivity index (χ2n) is 7.14. The van der Waals surface area contributed by atoms with Crippen LogP contribution >= 0.6 is 0 Å². The smallest absolute Gasteiger partial charge is 0.323 e. The fourth-order valence-corrected chi connectivity index (χ4v) is 3.11. The maximum atomic E-state index is 13.7. The summed E-state index contributed by atoms with van der Waals surface area (Å²) in [6, 6.07) is 15.3. The third kappa shape index (κ3) is 4.61. The molecular formula is C24H19F2N3O2. The number of nitrogens with zero attached hydrogens (tertiary/aromatic N) is 1. The molecule has 0 aliphatic carbocycles. The first-order valence-electron chi connectivity index (χ1n) is 9.56. The summed E-state index contributed by atoms with van der Waals surface area (Å²) in [6.07, 6.45) is 1.62. The van der Waals surface area contributed by atoms with Gasteiger partial charge >= 0.3 is 6.03 Å². The molecule has 0 fully saturated rings. The van der Waals surface area contributed by atoms with E-state index in [0.29, 0.717) is 17.6 Å². The van der Waals surface area contributed by atoms with Crippen molar-refractivity contribution in [2.24, 2.45) is 0 Å². The fourth-order valence-electron chi connectivity index (χ4n) is 3.11. The van der Waals surface area contributed by atoms with Crippen LogP contribution in [0.1, 0.15) is 11.1 Å². The van der Waals surface area contributed by atoms with E-state index in [1.807, 2.05) is 26.0 Å². The minimum atomic E-state index is -0.853. The summed E-state index contributed by atoms with van der Waals surface area (Å²) < 4.78 is 32.3. The number of carbonyl (C=O) groups is 1. The molecule has 0 unspecified atom stereocenters. The number of carbonyl (C=O) groups excluding carboxylic acids is 1. The highest BCUT2D eigenvalue weighted by molar-refractivity contribution is 5.99. The summed E-state index contributed by atoms with van der Waals surface area (Å²) in [6.45, 7) is 4.04. The SMILES string of the molecule is Cc1ccc(C)c(-c2coc(-c3ccc(NC(=O)Nc4ccc(F)cc4F)cc3)n2)c1. The Kier molecular flexibility index (Phi) is 5.49. The van der Waals surface area contributed by atoms with Gasteiger partial charge < -0.3 is 15.1 Å². The molecule has 2 amide bonds. The lowest BCUT2D eigenvalue weighted by Gasteiger charge is -2.08. The van der Waals surface area contributed by atoms with Gasteiger partial charge in [0.15, 0.2) is 0 Å².